The molecule has 4 heterocycles. The van der Waals surface area contributed by atoms with Crippen molar-refractivity contribution in [2.45, 2.75) is 44.1 Å². The van der Waals surface area contributed by atoms with Crippen LogP contribution in [-0.2, 0) is 10.3 Å². The number of benzene rings is 2. The van der Waals surface area contributed by atoms with Gasteiger partial charge in [0.1, 0.15) is 5.82 Å². The first-order valence-electron chi connectivity index (χ1n) is 12.0. The Morgan fingerprint density at radius 3 is 2.63 bits per heavy atom. The highest BCUT2D eigenvalue weighted by Gasteiger charge is 2.45. The Kier molecular flexibility index (Phi) is 5.56. The summed E-state index contributed by atoms with van der Waals surface area (Å²) in [4.78, 5) is 20.1. The summed E-state index contributed by atoms with van der Waals surface area (Å²) in [6, 6.07) is 16.9. The summed E-state index contributed by atoms with van der Waals surface area (Å²) >= 11 is 3.57. The fraction of sp³-hybridized carbons (Fsp3) is 0.333. The van der Waals surface area contributed by atoms with Crippen molar-refractivity contribution >= 4 is 21.8 Å². The zero-order valence-corrected chi connectivity index (χ0v) is 21.1. The number of halogens is 1. The fourth-order valence-electron chi connectivity index (χ4n) is 5.70. The quantitative estimate of drug-likeness (QED) is 0.349. The molecule has 1 fully saturated rings. The van der Waals surface area contributed by atoms with Gasteiger partial charge in [0.05, 0.1) is 5.54 Å². The Bertz CT molecular complexity index is 1370. The van der Waals surface area contributed by atoms with Gasteiger partial charge >= 0.3 is 0 Å². The largest absolute Gasteiger partial charge is 0.425 e. The lowest BCUT2D eigenvalue weighted by Gasteiger charge is -2.35. The van der Waals surface area contributed by atoms with E-state index in [1.54, 1.807) is 0 Å². The molecule has 178 valence electrons. The number of rotatable bonds is 5. The van der Waals surface area contributed by atoms with Crippen molar-refractivity contribution in [3.05, 3.63) is 88.3 Å². The maximum absolute atomic E-state index is 13.4. The fourth-order valence-corrected chi connectivity index (χ4v) is 5.96. The minimum atomic E-state index is -0.474. The number of aryl methyl sites for hydroxylation is 1. The Morgan fingerprint density at radius 1 is 1.11 bits per heavy atom. The van der Waals surface area contributed by atoms with Gasteiger partial charge in [-0.2, -0.15) is 0 Å². The average Bonchev–Trinajstić information content (AvgIpc) is 3.60. The lowest BCUT2D eigenvalue weighted by molar-refractivity contribution is -0.132. The van der Waals surface area contributed by atoms with Gasteiger partial charge in [-0.05, 0) is 42.5 Å². The number of carbonyl (C=O) groups is 1. The molecule has 0 aliphatic carbocycles. The summed E-state index contributed by atoms with van der Waals surface area (Å²) in [6.45, 7) is 3.23. The summed E-state index contributed by atoms with van der Waals surface area (Å²) in [5.74, 6) is 2.65. The molecule has 2 aliphatic rings. The van der Waals surface area contributed by atoms with Gasteiger partial charge in [0.25, 0.3) is 0 Å². The topological polar surface area (TPSA) is 77.1 Å². The van der Waals surface area contributed by atoms with E-state index in [0.717, 1.165) is 34.3 Å². The molecule has 1 amide bonds. The maximum Gasteiger partial charge on any atom is 0.222 e. The monoisotopic (exact) mass is 531 g/mol. The SMILES string of the molecule is Cc1nnc(C2CCN(C(=O)CCC3(c4ccc(Br)cc4)c4ccccc4-c4nccn43)CC2)o1. The van der Waals surface area contributed by atoms with E-state index in [2.05, 4.69) is 84.2 Å². The van der Waals surface area contributed by atoms with Crippen molar-refractivity contribution in [3.63, 3.8) is 0 Å². The standard InChI is InChI=1S/C27H26BrN5O2/c1-18-30-31-26(35-18)19-11-15-32(16-12-19)24(34)10-13-27(20-6-8-21(28)9-7-20)23-5-3-2-4-22(23)25-29-14-17-33(25)27/h2-9,14,17,19H,10-13,15-16H2,1H3. The summed E-state index contributed by atoms with van der Waals surface area (Å²) in [5.41, 5.74) is 3.01. The van der Waals surface area contributed by atoms with E-state index < -0.39 is 5.54 Å². The van der Waals surface area contributed by atoms with Crippen LogP contribution in [0.15, 0.2) is 69.8 Å². The molecule has 35 heavy (non-hydrogen) atoms. The van der Waals surface area contributed by atoms with Crippen LogP contribution >= 0.6 is 15.9 Å². The number of aromatic nitrogens is 4. The number of likely N-dealkylation sites (tertiary alicyclic amines) is 1. The van der Waals surface area contributed by atoms with Crippen LogP contribution in [0.3, 0.4) is 0 Å². The van der Waals surface area contributed by atoms with Gasteiger partial charge < -0.3 is 13.9 Å². The molecule has 1 atom stereocenters. The molecule has 0 saturated carbocycles. The van der Waals surface area contributed by atoms with Gasteiger partial charge in [0, 0.05) is 54.8 Å². The van der Waals surface area contributed by atoms with E-state index in [1.165, 1.54) is 5.56 Å². The number of piperidine rings is 1. The molecule has 2 aromatic heterocycles. The van der Waals surface area contributed by atoms with Crippen molar-refractivity contribution in [1.82, 2.24) is 24.6 Å². The second-order valence-electron chi connectivity index (χ2n) is 9.35. The van der Waals surface area contributed by atoms with Gasteiger partial charge in [-0.15, -0.1) is 10.2 Å². The van der Waals surface area contributed by atoms with E-state index in [-0.39, 0.29) is 11.8 Å². The van der Waals surface area contributed by atoms with Crippen LogP contribution in [0.25, 0.3) is 11.4 Å². The minimum absolute atomic E-state index is 0.188. The lowest BCUT2D eigenvalue weighted by atomic mass is 9.79. The van der Waals surface area contributed by atoms with E-state index >= 15 is 0 Å². The van der Waals surface area contributed by atoms with Gasteiger partial charge in [-0.25, -0.2) is 4.98 Å². The lowest BCUT2D eigenvalue weighted by Crippen LogP contribution is -2.40. The van der Waals surface area contributed by atoms with Crippen molar-refractivity contribution in [2.24, 2.45) is 0 Å². The molecule has 4 aromatic rings. The molecule has 0 spiro atoms. The van der Waals surface area contributed by atoms with Crippen molar-refractivity contribution in [1.29, 1.82) is 0 Å². The molecule has 7 nitrogen and oxygen atoms in total. The summed E-state index contributed by atoms with van der Waals surface area (Å²) in [6.07, 6.45) is 6.70. The van der Waals surface area contributed by atoms with Gasteiger partial charge in [-0.3, -0.25) is 4.79 Å². The molecular formula is C27H26BrN5O2. The third-order valence-corrected chi connectivity index (χ3v) is 7.96. The predicted molar refractivity (Wildman–Crippen MR) is 135 cm³/mol. The highest BCUT2D eigenvalue weighted by Crippen LogP contribution is 2.49. The number of amides is 1. The molecule has 0 N–H and O–H groups in total. The first-order chi connectivity index (χ1) is 17.1. The zero-order chi connectivity index (χ0) is 24.0. The molecular weight excluding hydrogens is 506 g/mol. The minimum Gasteiger partial charge on any atom is -0.425 e. The number of fused-ring (bicyclic) bond motifs is 3. The zero-order valence-electron chi connectivity index (χ0n) is 19.5. The van der Waals surface area contributed by atoms with Gasteiger partial charge in [0.2, 0.25) is 17.7 Å². The Hall–Kier alpha value is -3.26. The van der Waals surface area contributed by atoms with Gasteiger partial charge in [0.15, 0.2) is 0 Å². The van der Waals surface area contributed by atoms with E-state index in [9.17, 15) is 4.79 Å². The second kappa shape index (κ2) is 8.75. The highest BCUT2D eigenvalue weighted by atomic mass is 79.9. The van der Waals surface area contributed by atoms with Gasteiger partial charge in [-0.1, -0.05) is 52.3 Å². The summed E-state index contributed by atoms with van der Waals surface area (Å²) in [5, 5.41) is 8.14. The molecule has 8 heteroatoms. The normalized spacial score (nSPS) is 19.5. The summed E-state index contributed by atoms with van der Waals surface area (Å²) in [7, 11) is 0. The average molecular weight is 532 g/mol. The van der Waals surface area contributed by atoms with Crippen LogP contribution in [0.2, 0.25) is 0 Å². The van der Waals surface area contributed by atoms with Crippen LogP contribution in [0, 0.1) is 6.92 Å². The predicted octanol–water partition coefficient (Wildman–Crippen LogP) is 5.30. The molecule has 1 saturated heterocycles. The Morgan fingerprint density at radius 2 is 1.89 bits per heavy atom. The van der Waals surface area contributed by atoms with E-state index in [4.69, 9.17) is 4.42 Å². The molecule has 2 aromatic carbocycles. The number of nitrogens with zero attached hydrogens (tertiary/aromatic N) is 5. The second-order valence-corrected chi connectivity index (χ2v) is 10.3. The number of hydrogen-bond acceptors (Lipinski definition) is 5. The van der Waals surface area contributed by atoms with Crippen molar-refractivity contribution in [2.75, 3.05) is 13.1 Å². The third kappa shape index (κ3) is 3.71. The van der Waals surface area contributed by atoms with E-state index in [1.807, 2.05) is 24.2 Å². The number of carbonyl (C=O) groups excluding carboxylic acids is 1. The van der Waals surface area contributed by atoms with Crippen LogP contribution in [0.1, 0.15) is 54.5 Å². The van der Waals surface area contributed by atoms with E-state index in [0.29, 0.717) is 37.7 Å². The Labute approximate surface area is 212 Å². The number of imidazole rings is 1. The molecule has 0 radical (unpaired) electrons. The first kappa shape index (κ1) is 22.2. The highest BCUT2D eigenvalue weighted by molar-refractivity contribution is 9.10. The summed E-state index contributed by atoms with van der Waals surface area (Å²) < 4.78 is 8.91. The number of hydrogen-bond donors (Lipinski definition) is 0. The first-order valence-corrected chi connectivity index (χ1v) is 12.8. The van der Waals surface area contributed by atoms with Crippen LogP contribution in [-0.4, -0.2) is 43.6 Å². The molecule has 2 aliphatic heterocycles. The molecule has 6 rings (SSSR count). The van der Waals surface area contributed by atoms with Crippen LogP contribution in [0.5, 0.6) is 0 Å². The van der Waals surface area contributed by atoms with Crippen LogP contribution in [0.4, 0.5) is 0 Å². The maximum atomic E-state index is 13.4. The van der Waals surface area contributed by atoms with Crippen LogP contribution < -0.4 is 0 Å². The van der Waals surface area contributed by atoms with Crippen molar-refractivity contribution in [3.8, 4) is 11.4 Å². The Balaban J connectivity index is 1.26. The molecule has 0 bridgehead atoms. The third-order valence-electron chi connectivity index (χ3n) is 7.43. The molecule has 1 unspecified atom stereocenters. The van der Waals surface area contributed by atoms with Crippen molar-refractivity contribution < 1.29 is 9.21 Å². The smallest absolute Gasteiger partial charge is 0.222 e.